The highest BCUT2D eigenvalue weighted by atomic mass is 16.6. The van der Waals surface area contributed by atoms with Crippen LogP contribution in [0.25, 0.3) is 0 Å². The molecule has 2 amide bonds. The van der Waals surface area contributed by atoms with Crippen LogP contribution in [0.15, 0.2) is 29.4 Å². The number of alkyl carbamates (subject to hydrolysis) is 1. The van der Waals surface area contributed by atoms with Crippen molar-refractivity contribution in [3.8, 4) is 5.75 Å². The van der Waals surface area contributed by atoms with Crippen molar-refractivity contribution in [1.82, 2.24) is 10.6 Å². The Kier molecular flexibility index (Phi) is 10.6. The first-order valence-electron chi connectivity index (χ1n) is 10.3. The third kappa shape index (κ3) is 11.7. The van der Waals surface area contributed by atoms with Gasteiger partial charge in [0.1, 0.15) is 11.4 Å². The van der Waals surface area contributed by atoms with Gasteiger partial charge in [0.15, 0.2) is 12.4 Å². The zero-order valence-electron chi connectivity index (χ0n) is 19.4. The van der Waals surface area contributed by atoms with Crippen molar-refractivity contribution in [3.63, 3.8) is 0 Å². The summed E-state index contributed by atoms with van der Waals surface area (Å²) >= 11 is 0. The van der Waals surface area contributed by atoms with Gasteiger partial charge < -0.3 is 30.7 Å². The lowest BCUT2D eigenvalue weighted by Crippen LogP contribution is -2.47. The fourth-order valence-electron chi connectivity index (χ4n) is 2.59. The van der Waals surface area contributed by atoms with Crippen molar-refractivity contribution in [2.24, 2.45) is 16.8 Å². The Morgan fingerprint density at radius 3 is 2.35 bits per heavy atom. The van der Waals surface area contributed by atoms with Crippen LogP contribution in [0.3, 0.4) is 0 Å². The van der Waals surface area contributed by atoms with E-state index in [-0.39, 0.29) is 24.3 Å². The first-order chi connectivity index (χ1) is 14.5. The average molecular weight is 437 g/mol. The number of oxime groups is 1. The van der Waals surface area contributed by atoms with Gasteiger partial charge in [0, 0.05) is 6.54 Å². The molecular formula is C22H36N4O5. The zero-order chi connectivity index (χ0) is 23.4. The lowest BCUT2D eigenvalue weighted by atomic mass is 10.0. The van der Waals surface area contributed by atoms with Gasteiger partial charge in [-0.3, -0.25) is 4.79 Å². The van der Waals surface area contributed by atoms with Crippen LogP contribution in [0.4, 0.5) is 4.79 Å². The van der Waals surface area contributed by atoms with Crippen LogP contribution in [-0.2, 0) is 20.8 Å². The molecule has 0 spiro atoms. The smallest absolute Gasteiger partial charge is 0.408 e. The summed E-state index contributed by atoms with van der Waals surface area (Å²) in [5.41, 5.74) is 6.43. The predicted molar refractivity (Wildman–Crippen MR) is 120 cm³/mol. The summed E-state index contributed by atoms with van der Waals surface area (Å²) in [6.45, 7) is 9.50. The van der Waals surface area contributed by atoms with E-state index >= 15 is 0 Å². The standard InChI is InChI=1S/C22H36N4O5/c1-15(2)13-18(25-21(28)31-22(3,4)5)20(23)26-30-14-19(27)24-12-11-16-7-9-17(29-6)10-8-16/h7-10,15,18H,11-14H2,1-6H3,(H2,23,26)(H,24,27)(H,25,28). The van der Waals surface area contributed by atoms with Gasteiger partial charge in [0.2, 0.25) is 0 Å². The minimum Gasteiger partial charge on any atom is -0.497 e. The third-order valence-electron chi connectivity index (χ3n) is 4.02. The molecule has 174 valence electrons. The number of hydrogen-bond donors (Lipinski definition) is 3. The van der Waals surface area contributed by atoms with Crippen LogP contribution >= 0.6 is 0 Å². The zero-order valence-corrected chi connectivity index (χ0v) is 19.4. The van der Waals surface area contributed by atoms with Crippen molar-refractivity contribution in [2.45, 2.75) is 59.1 Å². The molecule has 9 nitrogen and oxygen atoms in total. The molecule has 0 saturated carbocycles. The molecule has 0 bridgehead atoms. The molecular weight excluding hydrogens is 400 g/mol. The SMILES string of the molecule is COc1ccc(CCNC(=O)CO/N=C(/N)C(CC(C)C)NC(=O)OC(C)(C)C)cc1. The number of benzene rings is 1. The maximum atomic E-state index is 12.1. The third-order valence-corrected chi connectivity index (χ3v) is 4.02. The fourth-order valence-corrected chi connectivity index (χ4v) is 2.59. The van der Waals surface area contributed by atoms with Crippen LogP contribution < -0.4 is 21.1 Å². The Morgan fingerprint density at radius 2 is 1.81 bits per heavy atom. The van der Waals surface area contributed by atoms with Crippen LogP contribution in [0.5, 0.6) is 5.75 Å². The van der Waals surface area contributed by atoms with Crippen LogP contribution in [0.1, 0.15) is 46.6 Å². The number of carbonyl (C=O) groups excluding carboxylic acids is 2. The van der Waals surface area contributed by atoms with Crippen LogP contribution in [-0.4, -0.2) is 49.7 Å². The summed E-state index contributed by atoms with van der Waals surface area (Å²) in [6.07, 6.45) is 0.635. The highest BCUT2D eigenvalue weighted by molar-refractivity contribution is 5.88. The van der Waals surface area contributed by atoms with Gasteiger partial charge in [-0.25, -0.2) is 4.79 Å². The lowest BCUT2D eigenvalue weighted by Gasteiger charge is -2.24. The molecule has 0 fully saturated rings. The van der Waals surface area contributed by atoms with E-state index in [1.54, 1.807) is 27.9 Å². The molecule has 31 heavy (non-hydrogen) atoms. The number of methoxy groups -OCH3 is 1. The van der Waals surface area contributed by atoms with Crippen molar-refractivity contribution >= 4 is 17.8 Å². The maximum absolute atomic E-state index is 12.1. The Morgan fingerprint density at radius 1 is 1.16 bits per heavy atom. The molecule has 1 aromatic carbocycles. The molecule has 4 N–H and O–H groups in total. The number of nitrogens with zero attached hydrogens (tertiary/aromatic N) is 1. The number of hydrogen-bond acceptors (Lipinski definition) is 6. The molecule has 0 aliphatic rings. The molecule has 0 radical (unpaired) electrons. The molecule has 0 aliphatic heterocycles. The van der Waals surface area contributed by atoms with Crippen molar-refractivity contribution in [3.05, 3.63) is 29.8 Å². The molecule has 0 aliphatic carbocycles. The number of amides is 2. The van der Waals surface area contributed by atoms with Gasteiger partial charge in [0.05, 0.1) is 13.2 Å². The van der Waals surface area contributed by atoms with Crippen molar-refractivity contribution in [2.75, 3.05) is 20.3 Å². The topological polar surface area (TPSA) is 124 Å². The lowest BCUT2D eigenvalue weighted by molar-refractivity contribution is -0.125. The van der Waals surface area contributed by atoms with E-state index < -0.39 is 17.7 Å². The van der Waals surface area contributed by atoms with Crippen molar-refractivity contribution < 1.29 is 23.9 Å². The second-order valence-corrected chi connectivity index (χ2v) is 8.57. The summed E-state index contributed by atoms with van der Waals surface area (Å²) < 4.78 is 10.4. The Labute approximate surface area is 184 Å². The summed E-state index contributed by atoms with van der Waals surface area (Å²) in [5.74, 6) is 0.791. The van der Waals surface area contributed by atoms with Gasteiger partial charge in [-0.1, -0.05) is 31.1 Å². The van der Waals surface area contributed by atoms with E-state index in [1.165, 1.54) is 0 Å². The molecule has 9 heteroatoms. The largest absolute Gasteiger partial charge is 0.497 e. The molecule has 1 atom stereocenters. The summed E-state index contributed by atoms with van der Waals surface area (Å²) in [7, 11) is 1.61. The van der Waals surface area contributed by atoms with Crippen LogP contribution in [0.2, 0.25) is 0 Å². The number of amidine groups is 1. The molecule has 0 aromatic heterocycles. The number of carbonyl (C=O) groups is 2. The first-order valence-corrected chi connectivity index (χ1v) is 10.3. The normalized spacial score (nSPS) is 12.8. The number of ether oxygens (including phenoxy) is 2. The van der Waals surface area contributed by atoms with E-state index in [0.717, 1.165) is 11.3 Å². The minimum atomic E-state index is -0.626. The van der Waals surface area contributed by atoms with E-state index in [0.29, 0.717) is 19.4 Å². The monoisotopic (exact) mass is 436 g/mol. The summed E-state index contributed by atoms with van der Waals surface area (Å²) in [4.78, 5) is 29.1. The molecule has 1 rings (SSSR count). The van der Waals surface area contributed by atoms with E-state index in [1.807, 2.05) is 38.1 Å². The highest BCUT2D eigenvalue weighted by Gasteiger charge is 2.23. The molecule has 1 unspecified atom stereocenters. The minimum absolute atomic E-state index is 0.0746. The molecule has 1 aromatic rings. The number of nitrogens with one attached hydrogen (secondary N) is 2. The number of rotatable bonds is 11. The van der Waals surface area contributed by atoms with Gasteiger partial charge in [-0.2, -0.15) is 0 Å². The first kappa shape index (κ1) is 26.1. The summed E-state index contributed by atoms with van der Waals surface area (Å²) in [5, 5.41) is 9.26. The van der Waals surface area contributed by atoms with E-state index in [4.69, 9.17) is 20.0 Å². The highest BCUT2D eigenvalue weighted by Crippen LogP contribution is 2.11. The Bertz CT molecular complexity index is 726. The van der Waals surface area contributed by atoms with Gasteiger partial charge in [-0.15, -0.1) is 0 Å². The Hall–Kier alpha value is -2.97. The Balaban J connectivity index is 2.46. The second-order valence-electron chi connectivity index (χ2n) is 8.57. The number of nitrogens with two attached hydrogens (primary N) is 1. The quantitative estimate of drug-likeness (QED) is 0.278. The average Bonchev–Trinajstić information content (AvgIpc) is 2.66. The van der Waals surface area contributed by atoms with Gasteiger partial charge in [-0.05, 0) is 57.2 Å². The molecule has 0 saturated heterocycles. The maximum Gasteiger partial charge on any atom is 0.408 e. The van der Waals surface area contributed by atoms with Gasteiger partial charge >= 0.3 is 6.09 Å². The van der Waals surface area contributed by atoms with Crippen LogP contribution in [0, 0.1) is 5.92 Å². The predicted octanol–water partition coefficient (Wildman–Crippen LogP) is 2.58. The summed E-state index contributed by atoms with van der Waals surface area (Å²) in [6, 6.07) is 7.07. The van der Waals surface area contributed by atoms with Gasteiger partial charge in [0.25, 0.3) is 5.91 Å². The van der Waals surface area contributed by atoms with Crippen molar-refractivity contribution in [1.29, 1.82) is 0 Å². The van der Waals surface area contributed by atoms with E-state index in [2.05, 4.69) is 15.8 Å². The van der Waals surface area contributed by atoms with E-state index in [9.17, 15) is 9.59 Å². The molecule has 0 heterocycles. The fraction of sp³-hybridized carbons (Fsp3) is 0.591. The second kappa shape index (κ2) is 12.7.